The number of nitrogens with zero attached hydrogens (tertiary/aromatic N) is 1. The van der Waals surface area contributed by atoms with E-state index < -0.39 is 0 Å². The maximum atomic E-state index is 2.28. The van der Waals surface area contributed by atoms with Crippen LogP contribution in [-0.4, -0.2) is 0 Å². The lowest BCUT2D eigenvalue weighted by atomic mass is 9.94. The summed E-state index contributed by atoms with van der Waals surface area (Å²) in [4.78, 5) is 0. The average molecular weight is 322 g/mol. The molecule has 0 bridgehead atoms. The fourth-order valence-electron chi connectivity index (χ4n) is 3.30. The maximum absolute atomic E-state index is 2.28. The van der Waals surface area contributed by atoms with Gasteiger partial charge in [0.1, 0.15) is 0 Å². The first-order valence-electron chi connectivity index (χ1n) is 8.56. The molecular weight excluding hydrogens is 302 g/mol. The van der Waals surface area contributed by atoms with E-state index in [1.54, 1.807) is 0 Å². The van der Waals surface area contributed by atoms with E-state index in [0.29, 0.717) is 0 Å². The quantitative estimate of drug-likeness (QED) is 0.432. The van der Waals surface area contributed by atoms with Crippen LogP contribution in [0.3, 0.4) is 0 Å². The third-order valence-electron chi connectivity index (χ3n) is 4.49. The molecule has 1 nitrogen and oxygen atoms in total. The molecule has 1 heteroatoms. The van der Waals surface area contributed by atoms with Gasteiger partial charge in [0, 0.05) is 23.8 Å². The molecule has 1 heterocycles. The Labute approximate surface area is 148 Å². The smallest absolute Gasteiger partial charge is 0.159 e. The van der Waals surface area contributed by atoms with Crippen molar-refractivity contribution in [3.05, 3.63) is 109 Å². The van der Waals surface area contributed by atoms with Crippen molar-refractivity contribution in [2.75, 3.05) is 0 Å². The van der Waals surface area contributed by atoms with Crippen LogP contribution in [0, 0.1) is 6.92 Å². The van der Waals surface area contributed by atoms with Gasteiger partial charge in [0.05, 0.1) is 5.56 Å². The normalized spacial score (nSPS) is 10.6. The van der Waals surface area contributed by atoms with E-state index in [1.807, 2.05) is 0 Å². The van der Waals surface area contributed by atoms with E-state index in [4.69, 9.17) is 0 Å². The monoisotopic (exact) mass is 322 g/mol. The first kappa shape index (κ1) is 15.3. The Kier molecular flexibility index (Phi) is 4.14. The molecule has 0 aliphatic carbocycles. The zero-order chi connectivity index (χ0) is 17.1. The molecule has 0 aliphatic heterocycles. The first-order valence-corrected chi connectivity index (χ1v) is 8.56. The number of rotatable bonds is 3. The van der Waals surface area contributed by atoms with Crippen molar-refractivity contribution in [3.63, 3.8) is 0 Å². The number of hydrogen-bond acceptors (Lipinski definition) is 0. The second kappa shape index (κ2) is 6.74. The zero-order valence-electron chi connectivity index (χ0n) is 14.3. The minimum Gasteiger partial charge on any atom is -0.159 e. The van der Waals surface area contributed by atoms with Gasteiger partial charge >= 0.3 is 0 Å². The summed E-state index contributed by atoms with van der Waals surface area (Å²) in [6.45, 7) is 2.18. The predicted molar refractivity (Wildman–Crippen MR) is 104 cm³/mol. The van der Waals surface area contributed by atoms with Crippen molar-refractivity contribution in [2.24, 2.45) is 0 Å². The molecule has 0 aliphatic rings. The van der Waals surface area contributed by atoms with E-state index >= 15 is 0 Å². The van der Waals surface area contributed by atoms with Crippen LogP contribution in [0.15, 0.2) is 103 Å². The molecule has 0 saturated carbocycles. The molecule has 25 heavy (non-hydrogen) atoms. The summed E-state index contributed by atoms with van der Waals surface area (Å²) in [7, 11) is 0. The van der Waals surface area contributed by atoms with E-state index in [1.165, 1.54) is 33.6 Å². The van der Waals surface area contributed by atoms with Crippen molar-refractivity contribution < 1.29 is 4.57 Å². The van der Waals surface area contributed by atoms with Crippen molar-refractivity contribution in [1.82, 2.24) is 0 Å². The maximum Gasteiger partial charge on any atom is 0.226 e. The molecule has 4 aromatic rings. The minimum atomic E-state index is 1.17. The Hall–Kier alpha value is -3.19. The molecule has 0 amide bonds. The summed E-state index contributed by atoms with van der Waals surface area (Å²) in [5.74, 6) is 0. The van der Waals surface area contributed by atoms with Crippen LogP contribution in [-0.2, 0) is 0 Å². The highest BCUT2D eigenvalue weighted by Crippen LogP contribution is 2.32. The van der Waals surface area contributed by atoms with Gasteiger partial charge in [0.2, 0.25) is 11.4 Å². The second-order valence-corrected chi connectivity index (χ2v) is 6.16. The van der Waals surface area contributed by atoms with E-state index in [-0.39, 0.29) is 0 Å². The Balaban J connectivity index is 2.08. The lowest BCUT2D eigenvalue weighted by molar-refractivity contribution is -0.583. The molecule has 3 aromatic carbocycles. The third-order valence-corrected chi connectivity index (χ3v) is 4.49. The number of hydrogen-bond donors (Lipinski definition) is 0. The first-order chi connectivity index (χ1) is 12.3. The summed E-state index contributed by atoms with van der Waals surface area (Å²) < 4.78 is 2.28. The predicted octanol–water partition coefficient (Wildman–Crippen LogP) is 5.61. The molecule has 0 saturated heterocycles. The Morgan fingerprint density at radius 1 is 0.560 bits per heavy atom. The molecule has 0 atom stereocenters. The highest BCUT2D eigenvalue weighted by molar-refractivity contribution is 5.81. The lowest BCUT2D eigenvalue weighted by Crippen LogP contribution is -2.34. The molecule has 0 spiro atoms. The molecule has 0 N–H and O–H groups in total. The van der Waals surface area contributed by atoms with Crippen LogP contribution < -0.4 is 4.57 Å². The van der Waals surface area contributed by atoms with E-state index in [0.717, 1.165) is 0 Å². The van der Waals surface area contributed by atoms with Gasteiger partial charge < -0.3 is 0 Å². The van der Waals surface area contributed by atoms with Crippen molar-refractivity contribution >= 4 is 0 Å². The van der Waals surface area contributed by atoms with Gasteiger partial charge in [-0.25, -0.2) is 0 Å². The summed E-state index contributed by atoms with van der Waals surface area (Å²) in [5.41, 5.74) is 7.39. The van der Waals surface area contributed by atoms with Crippen molar-refractivity contribution in [2.45, 2.75) is 6.92 Å². The molecule has 0 fully saturated rings. The fraction of sp³-hybridized carbons (Fsp3) is 0.0417. The minimum absolute atomic E-state index is 1.17. The van der Waals surface area contributed by atoms with Gasteiger partial charge in [-0.05, 0) is 30.2 Å². The van der Waals surface area contributed by atoms with E-state index in [9.17, 15) is 0 Å². The molecule has 0 unspecified atom stereocenters. The summed E-state index contributed by atoms with van der Waals surface area (Å²) in [6.07, 6.45) is 2.17. The van der Waals surface area contributed by atoms with Crippen molar-refractivity contribution in [1.29, 1.82) is 0 Å². The summed E-state index contributed by atoms with van der Waals surface area (Å²) in [6, 6.07) is 34.0. The molecule has 4 rings (SSSR count). The van der Waals surface area contributed by atoms with Crippen LogP contribution in [0.1, 0.15) is 5.56 Å². The Morgan fingerprint density at radius 2 is 1.08 bits per heavy atom. The van der Waals surface area contributed by atoms with Gasteiger partial charge in [-0.2, -0.15) is 4.57 Å². The number of benzene rings is 3. The standard InChI is InChI=1S/C24H20N/c1-19-17-18-25(22-15-9-4-10-16-22)24(21-13-7-3-8-14-21)23(19)20-11-5-2-6-12-20/h2-18H,1H3/q+1. The SMILES string of the molecule is Cc1cc[n+](-c2ccccc2)c(-c2ccccc2)c1-c1ccccc1. The van der Waals surface area contributed by atoms with Gasteiger partial charge in [-0.3, -0.25) is 0 Å². The second-order valence-electron chi connectivity index (χ2n) is 6.16. The van der Waals surface area contributed by atoms with Crippen LogP contribution >= 0.6 is 0 Å². The van der Waals surface area contributed by atoms with Crippen LogP contribution in [0.4, 0.5) is 0 Å². The average Bonchev–Trinajstić information content (AvgIpc) is 2.70. The Morgan fingerprint density at radius 3 is 1.68 bits per heavy atom. The van der Waals surface area contributed by atoms with Gasteiger partial charge in [0.25, 0.3) is 0 Å². The fourth-order valence-corrected chi connectivity index (χ4v) is 3.30. The Bertz CT molecular complexity index is 974. The summed E-state index contributed by atoms with van der Waals surface area (Å²) in [5, 5.41) is 0. The summed E-state index contributed by atoms with van der Waals surface area (Å²) >= 11 is 0. The largest absolute Gasteiger partial charge is 0.226 e. The number of aromatic nitrogens is 1. The zero-order valence-corrected chi connectivity index (χ0v) is 14.3. The molecule has 1 aromatic heterocycles. The highest BCUT2D eigenvalue weighted by Gasteiger charge is 2.23. The number of pyridine rings is 1. The van der Waals surface area contributed by atoms with Gasteiger partial charge in [-0.15, -0.1) is 0 Å². The van der Waals surface area contributed by atoms with Crippen molar-refractivity contribution in [3.8, 4) is 28.1 Å². The van der Waals surface area contributed by atoms with Crippen LogP contribution in [0.25, 0.3) is 28.1 Å². The van der Waals surface area contributed by atoms with Crippen LogP contribution in [0.2, 0.25) is 0 Å². The van der Waals surface area contributed by atoms with Gasteiger partial charge in [0.15, 0.2) is 6.20 Å². The number of para-hydroxylation sites is 1. The highest BCUT2D eigenvalue weighted by atomic mass is 15.0. The molecular formula is C24H20N+. The topological polar surface area (TPSA) is 3.88 Å². The lowest BCUT2D eigenvalue weighted by Gasteiger charge is -2.12. The molecule has 0 radical (unpaired) electrons. The van der Waals surface area contributed by atoms with E-state index in [2.05, 4.69) is 115 Å². The molecule has 120 valence electrons. The number of aryl methyl sites for hydroxylation is 1. The third kappa shape index (κ3) is 2.97. The van der Waals surface area contributed by atoms with Crippen LogP contribution in [0.5, 0.6) is 0 Å². The van der Waals surface area contributed by atoms with Gasteiger partial charge in [-0.1, -0.05) is 66.7 Å².